The van der Waals surface area contributed by atoms with Crippen LogP contribution in [0.5, 0.6) is 0 Å². The van der Waals surface area contributed by atoms with E-state index in [-0.39, 0.29) is 5.91 Å². The number of halogens is 2. The Morgan fingerprint density at radius 1 is 1.10 bits per heavy atom. The van der Waals surface area contributed by atoms with Crippen LogP contribution in [0.25, 0.3) is 10.2 Å². The van der Waals surface area contributed by atoms with Gasteiger partial charge in [-0.3, -0.25) is 9.69 Å². The third-order valence-corrected chi connectivity index (χ3v) is 9.11. The molecule has 5 nitrogen and oxygen atoms in total. The number of anilines is 1. The molecule has 31 heavy (non-hydrogen) atoms. The van der Waals surface area contributed by atoms with E-state index in [4.69, 9.17) is 28.2 Å². The van der Waals surface area contributed by atoms with Crippen molar-refractivity contribution in [1.82, 2.24) is 4.90 Å². The molecule has 5 rings (SSSR count). The largest absolute Gasteiger partial charge is 0.385 e. The van der Waals surface area contributed by atoms with Gasteiger partial charge in [0, 0.05) is 28.5 Å². The highest BCUT2D eigenvalue weighted by Gasteiger charge is 2.41. The van der Waals surface area contributed by atoms with Crippen molar-refractivity contribution in [3.05, 3.63) is 56.4 Å². The Bertz CT molecular complexity index is 1320. The Morgan fingerprint density at radius 3 is 2.61 bits per heavy atom. The van der Waals surface area contributed by atoms with Crippen molar-refractivity contribution in [2.75, 3.05) is 18.5 Å². The summed E-state index contributed by atoms with van der Waals surface area (Å²) in [5, 5.41) is 3.79. The Balaban J connectivity index is 1.56. The monoisotopic (exact) mass is 507 g/mol. The zero-order valence-electron chi connectivity index (χ0n) is 16.8. The standard InChI is InChI=1S/C21H17Cl2N4OS3/c1-4-27-18(28)17(19-25(2)13-7-5-11(22)9-15(13)29-19)31-21(27)24-20-26(3)14-8-6-12(23)10-16(14)30-20/h5-10H,4H2,1-3H3/q+1/b19-17+. The van der Waals surface area contributed by atoms with Gasteiger partial charge in [0.15, 0.2) is 0 Å². The number of hydrogen-bond donors (Lipinski definition) is 0. The lowest BCUT2D eigenvalue weighted by atomic mass is 10.3. The molecule has 0 radical (unpaired) electrons. The van der Waals surface area contributed by atoms with Crippen molar-refractivity contribution in [3.8, 4) is 0 Å². The maximum Gasteiger partial charge on any atom is 0.385 e. The van der Waals surface area contributed by atoms with Crippen LogP contribution in [0.4, 0.5) is 10.8 Å². The van der Waals surface area contributed by atoms with Crippen LogP contribution in [-0.4, -0.2) is 29.6 Å². The molecule has 0 saturated carbocycles. The summed E-state index contributed by atoms with van der Waals surface area (Å²) in [7, 11) is 3.95. The lowest BCUT2D eigenvalue weighted by molar-refractivity contribution is -0.627. The predicted molar refractivity (Wildman–Crippen MR) is 133 cm³/mol. The van der Waals surface area contributed by atoms with Gasteiger partial charge in [-0.25, -0.2) is 4.57 Å². The number of carbonyl (C=O) groups excluding carboxylic acids is 1. The molecule has 1 aromatic heterocycles. The first-order chi connectivity index (χ1) is 14.9. The smallest absolute Gasteiger partial charge is 0.337 e. The van der Waals surface area contributed by atoms with E-state index in [1.54, 1.807) is 28.0 Å². The fourth-order valence-electron chi connectivity index (χ4n) is 3.52. The highest BCUT2D eigenvalue weighted by atomic mass is 35.5. The zero-order chi connectivity index (χ0) is 21.9. The molecule has 3 heterocycles. The number of hydrogen-bond acceptors (Lipinski definition) is 6. The molecule has 0 unspecified atom stereocenters. The summed E-state index contributed by atoms with van der Waals surface area (Å²) in [4.78, 5) is 23.7. The van der Waals surface area contributed by atoms with E-state index >= 15 is 0 Å². The molecular weight excluding hydrogens is 491 g/mol. The van der Waals surface area contributed by atoms with Crippen LogP contribution >= 0.6 is 58.1 Å². The number of aryl methyl sites for hydroxylation is 1. The number of rotatable bonds is 2. The van der Waals surface area contributed by atoms with Crippen LogP contribution in [0.2, 0.25) is 10.0 Å². The molecule has 1 fully saturated rings. The zero-order valence-corrected chi connectivity index (χ0v) is 20.8. The maximum absolute atomic E-state index is 13.3. The normalized spacial score (nSPS) is 19.9. The van der Waals surface area contributed by atoms with E-state index in [0.717, 1.165) is 31.0 Å². The molecule has 158 valence electrons. The molecule has 1 saturated heterocycles. The van der Waals surface area contributed by atoms with Crippen molar-refractivity contribution in [1.29, 1.82) is 0 Å². The number of aromatic nitrogens is 1. The van der Waals surface area contributed by atoms with E-state index in [9.17, 15) is 4.79 Å². The van der Waals surface area contributed by atoms with Gasteiger partial charge < -0.3 is 4.90 Å². The Hall–Kier alpha value is -1.71. The summed E-state index contributed by atoms with van der Waals surface area (Å²) in [5.41, 5.74) is 2.11. The number of carbonyl (C=O) groups is 1. The van der Waals surface area contributed by atoms with Crippen molar-refractivity contribution in [3.63, 3.8) is 0 Å². The molecule has 0 spiro atoms. The van der Waals surface area contributed by atoms with Gasteiger partial charge >= 0.3 is 5.13 Å². The second-order valence-electron chi connectivity index (χ2n) is 7.01. The highest BCUT2D eigenvalue weighted by Crippen LogP contribution is 2.50. The molecular formula is C21H17Cl2N4OS3+. The van der Waals surface area contributed by atoms with Gasteiger partial charge in [0.1, 0.15) is 10.4 Å². The molecule has 2 aromatic carbocycles. The first-order valence-corrected chi connectivity index (χ1v) is 12.7. The van der Waals surface area contributed by atoms with Gasteiger partial charge in [-0.1, -0.05) is 35.0 Å². The highest BCUT2D eigenvalue weighted by molar-refractivity contribution is 8.19. The van der Waals surface area contributed by atoms with Gasteiger partial charge in [-0.05, 0) is 71.4 Å². The number of thioether (sulfide) groups is 2. The lowest BCUT2D eigenvalue weighted by Gasteiger charge is -2.14. The first kappa shape index (κ1) is 21.2. The van der Waals surface area contributed by atoms with Gasteiger partial charge in [-0.2, -0.15) is 0 Å². The number of aliphatic imine (C=N–C) groups is 1. The van der Waals surface area contributed by atoms with E-state index in [0.29, 0.717) is 26.7 Å². The fraction of sp³-hybridized carbons (Fsp3) is 0.190. The molecule has 10 heteroatoms. The molecule has 3 aromatic rings. The average Bonchev–Trinajstić information content (AvgIpc) is 3.33. The number of fused-ring (bicyclic) bond motifs is 2. The molecule has 2 aliphatic heterocycles. The van der Waals surface area contributed by atoms with Crippen LogP contribution in [0.15, 0.2) is 56.2 Å². The summed E-state index contributed by atoms with van der Waals surface area (Å²) < 4.78 is 3.09. The van der Waals surface area contributed by atoms with E-state index < -0.39 is 0 Å². The lowest BCUT2D eigenvalue weighted by Crippen LogP contribution is -2.30. The van der Waals surface area contributed by atoms with Gasteiger partial charge in [0.05, 0.1) is 22.5 Å². The summed E-state index contributed by atoms with van der Waals surface area (Å²) in [5.74, 6) is -0.0219. The minimum atomic E-state index is -0.0219. The van der Waals surface area contributed by atoms with Crippen LogP contribution in [0.1, 0.15) is 6.92 Å². The minimum Gasteiger partial charge on any atom is -0.337 e. The number of likely N-dealkylation sites (N-methyl/N-ethyl adjacent to an activating group) is 1. The molecule has 2 aliphatic rings. The summed E-state index contributed by atoms with van der Waals surface area (Å²) in [6, 6.07) is 11.6. The number of thiazole rings is 1. The van der Waals surface area contributed by atoms with Crippen molar-refractivity contribution >= 4 is 90.2 Å². The summed E-state index contributed by atoms with van der Waals surface area (Å²) in [6.45, 7) is 2.52. The van der Waals surface area contributed by atoms with Crippen LogP contribution in [0, 0.1) is 0 Å². The third kappa shape index (κ3) is 3.54. The molecule has 0 aliphatic carbocycles. The third-order valence-electron chi connectivity index (χ3n) is 5.13. The predicted octanol–water partition coefficient (Wildman–Crippen LogP) is 6.03. The number of benzene rings is 2. The van der Waals surface area contributed by atoms with E-state index in [1.165, 1.54) is 11.8 Å². The number of amides is 1. The summed E-state index contributed by atoms with van der Waals surface area (Å²) in [6.07, 6.45) is 0. The number of nitrogens with zero attached hydrogens (tertiary/aromatic N) is 4. The summed E-state index contributed by atoms with van der Waals surface area (Å²) >= 11 is 16.9. The van der Waals surface area contributed by atoms with Crippen molar-refractivity contribution in [2.45, 2.75) is 11.8 Å². The molecule has 0 bridgehead atoms. The van der Waals surface area contributed by atoms with Gasteiger partial charge in [0.2, 0.25) is 0 Å². The van der Waals surface area contributed by atoms with Gasteiger partial charge in [0.25, 0.3) is 11.1 Å². The minimum absolute atomic E-state index is 0.0219. The van der Waals surface area contributed by atoms with Crippen molar-refractivity contribution < 1.29 is 9.36 Å². The van der Waals surface area contributed by atoms with Crippen LogP contribution in [-0.2, 0) is 11.8 Å². The molecule has 0 atom stereocenters. The first-order valence-electron chi connectivity index (χ1n) is 9.49. The van der Waals surface area contributed by atoms with Gasteiger partial charge in [-0.15, -0.1) is 0 Å². The molecule has 0 N–H and O–H groups in total. The Morgan fingerprint density at radius 2 is 1.84 bits per heavy atom. The van der Waals surface area contributed by atoms with E-state index in [1.807, 2.05) is 62.0 Å². The Labute approximate surface area is 202 Å². The number of amidine groups is 1. The topological polar surface area (TPSA) is 39.8 Å². The maximum atomic E-state index is 13.3. The van der Waals surface area contributed by atoms with E-state index in [2.05, 4.69) is 4.90 Å². The van der Waals surface area contributed by atoms with Crippen LogP contribution < -0.4 is 9.47 Å². The second-order valence-corrected chi connectivity index (χ2v) is 10.9. The Kier molecular flexibility index (Phi) is 5.46. The van der Waals surface area contributed by atoms with Crippen LogP contribution in [0.3, 0.4) is 0 Å². The fourth-order valence-corrected chi connectivity index (χ4v) is 7.54. The van der Waals surface area contributed by atoms with Crippen molar-refractivity contribution in [2.24, 2.45) is 12.0 Å². The second kappa shape index (κ2) is 8.01. The quantitative estimate of drug-likeness (QED) is 0.313. The molecule has 1 amide bonds. The average molecular weight is 509 g/mol. The SMILES string of the molecule is CCN1C(=O)/C(=C2\Sc3cc(Cl)ccc3N2C)SC1=Nc1sc2cc(Cl)ccc2[n+]1C.